The first-order valence-electron chi connectivity index (χ1n) is 9.72. The number of aromatic nitrogens is 2. The number of aryl methyl sites for hydroxylation is 1. The van der Waals surface area contributed by atoms with Crippen LogP contribution in [0.25, 0.3) is 0 Å². The second-order valence-electron chi connectivity index (χ2n) is 7.44. The lowest BCUT2D eigenvalue weighted by Crippen LogP contribution is -2.47. The summed E-state index contributed by atoms with van der Waals surface area (Å²) >= 11 is 0. The SMILES string of the molecule is CCN1CCN(c2nc(C)c3c(n2)CC(c2ccccc2O)CC3=O)CC1. The molecule has 0 amide bonds. The lowest BCUT2D eigenvalue weighted by molar-refractivity contribution is 0.0961. The van der Waals surface area contributed by atoms with E-state index >= 15 is 0 Å². The van der Waals surface area contributed by atoms with E-state index in [-0.39, 0.29) is 17.5 Å². The molecule has 1 aliphatic carbocycles. The number of rotatable bonds is 3. The highest BCUT2D eigenvalue weighted by Crippen LogP contribution is 2.37. The molecule has 1 fully saturated rings. The standard InChI is InChI=1S/C21H26N4O2/c1-3-24-8-10-25(11-9-24)21-22-14(2)20-17(23-21)12-15(13-19(20)27)16-6-4-5-7-18(16)26/h4-7,15,26H,3,8-13H2,1-2H3. The van der Waals surface area contributed by atoms with E-state index in [0.29, 0.717) is 18.4 Å². The first kappa shape index (κ1) is 17.9. The smallest absolute Gasteiger partial charge is 0.225 e. The number of carbonyl (C=O) groups is 1. The van der Waals surface area contributed by atoms with Crippen LogP contribution in [0, 0.1) is 6.92 Å². The maximum Gasteiger partial charge on any atom is 0.225 e. The molecule has 0 bridgehead atoms. The number of Topliss-reactive ketones (excluding diaryl/α,β-unsaturated/α-hetero) is 1. The molecule has 6 nitrogen and oxygen atoms in total. The van der Waals surface area contributed by atoms with Gasteiger partial charge in [0.2, 0.25) is 5.95 Å². The van der Waals surface area contributed by atoms with Crippen molar-refractivity contribution in [3.05, 3.63) is 46.8 Å². The van der Waals surface area contributed by atoms with E-state index in [9.17, 15) is 9.90 Å². The summed E-state index contributed by atoms with van der Waals surface area (Å²) in [4.78, 5) is 26.9. The Bertz CT molecular complexity index is 859. The molecule has 1 aliphatic heterocycles. The lowest BCUT2D eigenvalue weighted by atomic mass is 9.81. The van der Waals surface area contributed by atoms with Crippen LogP contribution >= 0.6 is 0 Å². The summed E-state index contributed by atoms with van der Waals surface area (Å²) in [7, 11) is 0. The van der Waals surface area contributed by atoms with E-state index < -0.39 is 0 Å². The number of phenols is 1. The Morgan fingerprint density at radius 1 is 1.11 bits per heavy atom. The minimum atomic E-state index is -0.0368. The van der Waals surface area contributed by atoms with Crippen LogP contribution in [0.1, 0.15) is 46.6 Å². The number of para-hydroxylation sites is 1. The fraction of sp³-hybridized carbons (Fsp3) is 0.476. The van der Waals surface area contributed by atoms with Gasteiger partial charge in [-0.25, -0.2) is 9.97 Å². The second kappa shape index (κ2) is 7.27. The Morgan fingerprint density at radius 2 is 1.85 bits per heavy atom. The van der Waals surface area contributed by atoms with Gasteiger partial charge in [0.15, 0.2) is 5.78 Å². The summed E-state index contributed by atoms with van der Waals surface area (Å²) < 4.78 is 0. The Hall–Kier alpha value is -2.47. The van der Waals surface area contributed by atoms with E-state index in [0.717, 1.165) is 55.6 Å². The number of hydrogen-bond acceptors (Lipinski definition) is 6. The second-order valence-corrected chi connectivity index (χ2v) is 7.44. The van der Waals surface area contributed by atoms with Crippen LogP contribution in [-0.4, -0.2) is 58.5 Å². The van der Waals surface area contributed by atoms with Gasteiger partial charge in [0.05, 0.1) is 17.0 Å². The molecule has 2 heterocycles. The number of phenolic OH excluding ortho intramolecular Hbond substituents is 1. The van der Waals surface area contributed by atoms with Gasteiger partial charge in [0.1, 0.15) is 5.75 Å². The Balaban J connectivity index is 1.64. The molecule has 2 aliphatic rings. The zero-order chi connectivity index (χ0) is 19.0. The summed E-state index contributed by atoms with van der Waals surface area (Å²) in [6.45, 7) is 8.98. The minimum Gasteiger partial charge on any atom is -0.508 e. The van der Waals surface area contributed by atoms with Crippen LogP contribution in [0.4, 0.5) is 5.95 Å². The van der Waals surface area contributed by atoms with Gasteiger partial charge < -0.3 is 14.9 Å². The molecule has 1 saturated heterocycles. The molecule has 1 unspecified atom stereocenters. The highest BCUT2D eigenvalue weighted by Gasteiger charge is 2.32. The summed E-state index contributed by atoms with van der Waals surface area (Å²) in [6.07, 6.45) is 1.05. The maximum absolute atomic E-state index is 12.8. The Morgan fingerprint density at radius 3 is 2.56 bits per heavy atom. The van der Waals surface area contributed by atoms with Crippen LogP contribution in [-0.2, 0) is 6.42 Å². The van der Waals surface area contributed by atoms with Crippen molar-refractivity contribution in [2.24, 2.45) is 0 Å². The highest BCUT2D eigenvalue weighted by atomic mass is 16.3. The quantitative estimate of drug-likeness (QED) is 0.900. The number of carbonyl (C=O) groups excluding carboxylic acids is 1. The molecule has 1 N–H and O–H groups in total. The van der Waals surface area contributed by atoms with Crippen LogP contribution in [0.15, 0.2) is 24.3 Å². The number of anilines is 1. The normalized spacial score (nSPS) is 20.6. The maximum atomic E-state index is 12.8. The number of aromatic hydroxyl groups is 1. The summed E-state index contributed by atoms with van der Waals surface area (Å²) in [6, 6.07) is 7.28. The molecule has 0 spiro atoms. The fourth-order valence-corrected chi connectivity index (χ4v) is 4.22. The highest BCUT2D eigenvalue weighted by molar-refractivity contribution is 5.99. The van der Waals surface area contributed by atoms with Gasteiger partial charge in [-0.2, -0.15) is 0 Å². The van der Waals surface area contributed by atoms with Crippen LogP contribution < -0.4 is 4.90 Å². The average Bonchev–Trinajstić information content (AvgIpc) is 2.67. The van der Waals surface area contributed by atoms with Gasteiger partial charge >= 0.3 is 0 Å². The average molecular weight is 366 g/mol. The molecule has 6 heteroatoms. The van der Waals surface area contributed by atoms with Crippen molar-refractivity contribution in [1.82, 2.24) is 14.9 Å². The third kappa shape index (κ3) is 3.41. The predicted molar refractivity (Wildman–Crippen MR) is 105 cm³/mol. The fourth-order valence-electron chi connectivity index (χ4n) is 4.22. The van der Waals surface area contributed by atoms with Crippen molar-refractivity contribution in [2.75, 3.05) is 37.6 Å². The Kier molecular flexibility index (Phi) is 4.83. The number of likely N-dealkylation sites (N-methyl/N-ethyl adjacent to an activating group) is 1. The summed E-state index contributed by atoms with van der Waals surface area (Å²) in [5, 5.41) is 10.2. The van der Waals surface area contributed by atoms with Crippen molar-refractivity contribution < 1.29 is 9.90 Å². The van der Waals surface area contributed by atoms with Gasteiger partial charge in [-0.1, -0.05) is 25.1 Å². The zero-order valence-corrected chi connectivity index (χ0v) is 16.0. The predicted octanol–water partition coefficient (Wildman–Crippen LogP) is 2.55. The van der Waals surface area contributed by atoms with E-state index in [1.807, 2.05) is 19.1 Å². The molecule has 2 aromatic rings. The molecular weight excluding hydrogens is 340 g/mol. The van der Waals surface area contributed by atoms with E-state index in [4.69, 9.17) is 4.98 Å². The summed E-state index contributed by atoms with van der Waals surface area (Å²) in [5.41, 5.74) is 3.09. The molecule has 1 aromatic heterocycles. The Labute approximate surface area is 159 Å². The molecule has 0 saturated carbocycles. The number of nitrogens with zero attached hydrogens (tertiary/aromatic N) is 4. The van der Waals surface area contributed by atoms with Gasteiger partial charge in [0.25, 0.3) is 0 Å². The molecule has 0 radical (unpaired) electrons. The zero-order valence-electron chi connectivity index (χ0n) is 16.0. The molecule has 4 rings (SSSR count). The molecule has 1 aromatic carbocycles. The van der Waals surface area contributed by atoms with Crippen molar-refractivity contribution in [3.63, 3.8) is 0 Å². The monoisotopic (exact) mass is 366 g/mol. The minimum absolute atomic E-state index is 0.0368. The van der Waals surface area contributed by atoms with E-state index in [2.05, 4.69) is 21.7 Å². The van der Waals surface area contributed by atoms with Crippen LogP contribution in [0.2, 0.25) is 0 Å². The van der Waals surface area contributed by atoms with Gasteiger partial charge in [-0.15, -0.1) is 0 Å². The lowest BCUT2D eigenvalue weighted by Gasteiger charge is -2.35. The van der Waals surface area contributed by atoms with Gasteiger partial charge in [-0.3, -0.25) is 4.79 Å². The van der Waals surface area contributed by atoms with Crippen molar-refractivity contribution in [2.45, 2.75) is 32.6 Å². The number of benzene rings is 1. The van der Waals surface area contributed by atoms with Crippen LogP contribution in [0.5, 0.6) is 5.75 Å². The van der Waals surface area contributed by atoms with Crippen molar-refractivity contribution in [3.8, 4) is 5.75 Å². The van der Waals surface area contributed by atoms with Gasteiger partial charge in [-0.05, 0) is 31.5 Å². The largest absolute Gasteiger partial charge is 0.508 e. The van der Waals surface area contributed by atoms with E-state index in [1.165, 1.54) is 0 Å². The van der Waals surface area contributed by atoms with Crippen molar-refractivity contribution in [1.29, 1.82) is 0 Å². The number of fused-ring (bicyclic) bond motifs is 1. The molecule has 27 heavy (non-hydrogen) atoms. The summed E-state index contributed by atoms with van der Waals surface area (Å²) in [5.74, 6) is 1.02. The van der Waals surface area contributed by atoms with Crippen LogP contribution in [0.3, 0.4) is 0 Å². The van der Waals surface area contributed by atoms with Crippen molar-refractivity contribution >= 4 is 11.7 Å². The van der Waals surface area contributed by atoms with E-state index in [1.54, 1.807) is 12.1 Å². The number of ketones is 1. The number of hydrogen-bond donors (Lipinski definition) is 1. The molecule has 1 atom stereocenters. The first-order valence-corrected chi connectivity index (χ1v) is 9.72. The third-order valence-electron chi connectivity index (χ3n) is 5.78. The third-order valence-corrected chi connectivity index (χ3v) is 5.78. The molecule has 142 valence electrons. The number of piperazine rings is 1. The first-order chi connectivity index (χ1) is 13.1. The topological polar surface area (TPSA) is 69.6 Å². The van der Waals surface area contributed by atoms with Gasteiger partial charge in [0, 0.05) is 38.5 Å². The molecular formula is C21H26N4O2.